The van der Waals surface area contributed by atoms with Gasteiger partial charge in [0, 0.05) is 60.9 Å². The third-order valence-corrected chi connectivity index (χ3v) is 14.5. The van der Waals surface area contributed by atoms with E-state index in [9.17, 15) is 0 Å². The Hall–Kier alpha value is -9.12. The Labute approximate surface area is 407 Å². The average molecular weight is 895 g/mol. The molecule has 0 N–H and O–H groups in total. The molecule has 1 aromatic heterocycles. The molecule has 12 aromatic rings. The first-order valence-corrected chi connectivity index (χ1v) is 24.3. The summed E-state index contributed by atoms with van der Waals surface area (Å²) >= 11 is 0. The summed E-state index contributed by atoms with van der Waals surface area (Å²) in [4.78, 5) is 7.40. The maximum Gasteiger partial charge on any atom is 0.0562 e. The van der Waals surface area contributed by atoms with Gasteiger partial charge in [0.1, 0.15) is 0 Å². The number of benzene rings is 11. The summed E-state index contributed by atoms with van der Waals surface area (Å²) in [5, 5.41) is 9.80. The molecule has 0 saturated carbocycles. The van der Waals surface area contributed by atoms with Gasteiger partial charge in [-0.1, -0.05) is 176 Å². The third-order valence-electron chi connectivity index (χ3n) is 14.5. The van der Waals surface area contributed by atoms with Crippen LogP contribution in [0.1, 0.15) is 6.42 Å². The van der Waals surface area contributed by atoms with E-state index in [1.165, 1.54) is 70.9 Å². The molecule has 1 atom stereocenters. The second-order valence-corrected chi connectivity index (χ2v) is 18.4. The van der Waals surface area contributed by atoms with E-state index >= 15 is 0 Å². The largest absolute Gasteiger partial charge is 0.334 e. The first kappa shape index (κ1) is 40.0. The van der Waals surface area contributed by atoms with Crippen LogP contribution in [0.15, 0.2) is 261 Å². The predicted molar refractivity (Wildman–Crippen MR) is 297 cm³/mol. The summed E-state index contributed by atoms with van der Waals surface area (Å²) in [7, 11) is 0. The van der Waals surface area contributed by atoms with Gasteiger partial charge in [-0.2, -0.15) is 0 Å². The van der Waals surface area contributed by atoms with Gasteiger partial charge >= 0.3 is 0 Å². The van der Waals surface area contributed by atoms with Gasteiger partial charge in [0.25, 0.3) is 0 Å². The Morgan fingerprint density at radius 3 is 1.64 bits per heavy atom. The summed E-state index contributed by atoms with van der Waals surface area (Å²) < 4.78 is 2.55. The zero-order valence-corrected chi connectivity index (χ0v) is 38.4. The molecule has 0 fully saturated rings. The topological polar surface area (TPSA) is 14.7 Å². The molecule has 14 rings (SSSR count). The fourth-order valence-electron chi connectivity index (χ4n) is 11.5. The number of rotatable bonds is 8. The minimum Gasteiger partial charge on any atom is -0.334 e. The van der Waals surface area contributed by atoms with Gasteiger partial charge in [0.05, 0.1) is 39.8 Å². The van der Waals surface area contributed by atoms with Crippen molar-refractivity contribution < 1.29 is 0 Å². The molecule has 330 valence electrons. The van der Waals surface area contributed by atoms with E-state index in [4.69, 9.17) is 0 Å². The second-order valence-electron chi connectivity index (χ2n) is 18.4. The fourth-order valence-corrected chi connectivity index (χ4v) is 11.5. The van der Waals surface area contributed by atoms with E-state index in [1.54, 1.807) is 0 Å². The van der Waals surface area contributed by atoms with Crippen LogP contribution < -0.4 is 14.7 Å². The molecule has 1 unspecified atom stereocenters. The van der Waals surface area contributed by atoms with E-state index in [-0.39, 0.29) is 6.04 Å². The quantitative estimate of drug-likeness (QED) is 0.151. The van der Waals surface area contributed by atoms with Crippen LogP contribution in [0.4, 0.5) is 45.5 Å². The highest BCUT2D eigenvalue weighted by Gasteiger charge is 2.31. The zero-order valence-electron chi connectivity index (χ0n) is 38.4. The molecular weight excluding hydrogens is 849 g/mol. The van der Waals surface area contributed by atoms with Gasteiger partial charge in [0.15, 0.2) is 0 Å². The summed E-state index contributed by atoms with van der Waals surface area (Å²) in [6, 6.07) is 87.2. The molecule has 1 aliphatic carbocycles. The summed E-state index contributed by atoms with van der Waals surface area (Å²) in [5.41, 5.74) is 15.0. The van der Waals surface area contributed by atoms with E-state index in [2.05, 4.69) is 280 Å². The molecule has 0 amide bonds. The van der Waals surface area contributed by atoms with E-state index < -0.39 is 0 Å². The van der Waals surface area contributed by atoms with Crippen LogP contribution in [0.25, 0.3) is 70.9 Å². The Kier molecular flexibility index (Phi) is 9.31. The highest BCUT2D eigenvalue weighted by molar-refractivity contribution is 6.29. The van der Waals surface area contributed by atoms with Gasteiger partial charge in [-0.25, -0.2) is 0 Å². The molecule has 2 heterocycles. The van der Waals surface area contributed by atoms with Crippen molar-refractivity contribution in [3.8, 4) is 16.8 Å². The molecule has 70 heavy (non-hydrogen) atoms. The van der Waals surface area contributed by atoms with Crippen molar-refractivity contribution in [2.75, 3.05) is 14.7 Å². The number of hydrogen-bond acceptors (Lipinski definition) is 3. The highest BCUT2D eigenvalue weighted by Crippen LogP contribution is 2.56. The lowest BCUT2D eigenvalue weighted by Gasteiger charge is -2.36. The number of fused-ring (bicyclic) bond motifs is 8. The minimum atomic E-state index is 0.172. The van der Waals surface area contributed by atoms with Gasteiger partial charge in [0.2, 0.25) is 0 Å². The molecule has 0 saturated heterocycles. The first-order chi connectivity index (χ1) is 34.8. The van der Waals surface area contributed by atoms with Crippen LogP contribution in [0.5, 0.6) is 0 Å². The van der Waals surface area contributed by atoms with E-state index in [0.717, 1.165) is 51.9 Å². The molecule has 0 radical (unpaired) electrons. The monoisotopic (exact) mass is 894 g/mol. The van der Waals surface area contributed by atoms with Gasteiger partial charge in [-0.15, -0.1) is 0 Å². The normalized spacial score (nSPS) is 13.9. The van der Waals surface area contributed by atoms with E-state index in [1.807, 2.05) is 0 Å². The number of nitrogens with zero attached hydrogens (tertiary/aromatic N) is 4. The van der Waals surface area contributed by atoms with Crippen LogP contribution >= 0.6 is 0 Å². The summed E-state index contributed by atoms with van der Waals surface area (Å²) in [5.74, 6) is 0. The Balaban J connectivity index is 1.09. The molecule has 11 aromatic carbocycles. The van der Waals surface area contributed by atoms with Gasteiger partial charge < -0.3 is 19.3 Å². The lowest BCUT2D eigenvalue weighted by atomic mass is 9.88. The van der Waals surface area contributed by atoms with E-state index in [0.29, 0.717) is 0 Å². The van der Waals surface area contributed by atoms with Crippen molar-refractivity contribution in [1.29, 1.82) is 0 Å². The number of aromatic nitrogens is 1. The van der Waals surface area contributed by atoms with Crippen molar-refractivity contribution in [3.63, 3.8) is 0 Å². The minimum absolute atomic E-state index is 0.172. The van der Waals surface area contributed by atoms with Crippen LogP contribution in [-0.4, -0.2) is 10.6 Å². The SMILES string of the molecule is C1=CCC(N(c2ccccc2)c2ccc3c4c5cccc6c5c(cc4n(-c4cccc5ccccc45)c3c2)-c2ccc(N(c3ccccc3)c3ccccc3)cc2N6c2cccc3ccccc23)C=C1. The second kappa shape index (κ2) is 16.3. The average Bonchev–Trinajstić information content (AvgIpc) is 3.75. The maximum atomic E-state index is 2.55. The van der Waals surface area contributed by atoms with Crippen LogP contribution in [-0.2, 0) is 0 Å². The number of anilines is 8. The van der Waals surface area contributed by atoms with Crippen LogP contribution in [0.2, 0.25) is 0 Å². The lowest BCUT2D eigenvalue weighted by molar-refractivity contribution is 0.785. The number of hydrogen-bond donors (Lipinski definition) is 0. The molecule has 4 heteroatoms. The Morgan fingerprint density at radius 1 is 0.357 bits per heavy atom. The smallest absolute Gasteiger partial charge is 0.0562 e. The zero-order chi connectivity index (χ0) is 46.1. The van der Waals surface area contributed by atoms with Crippen molar-refractivity contribution in [2.24, 2.45) is 0 Å². The van der Waals surface area contributed by atoms with Crippen molar-refractivity contribution in [2.45, 2.75) is 12.5 Å². The molecule has 1 aliphatic heterocycles. The van der Waals surface area contributed by atoms with Crippen molar-refractivity contribution >= 4 is 99.6 Å². The number of para-hydroxylation sites is 3. The molecule has 0 spiro atoms. The molecular formula is C66H46N4. The number of allylic oxidation sites excluding steroid dienone is 2. The van der Waals surface area contributed by atoms with Gasteiger partial charge in [-0.05, 0) is 113 Å². The first-order valence-electron chi connectivity index (χ1n) is 24.3. The van der Waals surface area contributed by atoms with Crippen LogP contribution in [0.3, 0.4) is 0 Å². The maximum absolute atomic E-state index is 2.55. The molecule has 2 aliphatic rings. The molecule has 4 nitrogen and oxygen atoms in total. The Morgan fingerprint density at radius 2 is 0.943 bits per heavy atom. The third kappa shape index (κ3) is 6.30. The van der Waals surface area contributed by atoms with Crippen molar-refractivity contribution in [3.05, 3.63) is 261 Å². The van der Waals surface area contributed by atoms with Crippen molar-refractivity contribution in [1.82, 2.24) is 4.57 Å². The lowest BCUT2D eigenvalue weighted by Crippen LogP contribution is -2.29. The van der Waals surface area contributed by atoms with Crippen LogP contribution in [0, 0.1) is 0 Å². The predicted octanol–water partition coefficient (Wildman–Crippen LogP) is 18.2. The standard InChI is InChI=1S/C66H46N4/c1-5-24-47(25-6-1)67(48-26-7-2-8-27-48)51-38-40-55-58-44-64-65(57-34-19-37-61(66(57)58)69(62(55)42-51)59-35-17-22-45-20-13-15-32-53(45)59)56-41-39-52(68(49-28-9-3-10-29-49)50-30-11-4-12-31-50)43-63(56)70(64)60-36-18-23-46-21-14-16-33-54(46)60/h1-30,32-44,50H,31H2. The fraction of sp³-hybridized carbons (Fsp3) is 0.0303. The summed E-state index contributed by atoms with van der Waals surface area (Å²) in [6.45, 7) is 0. The summed E-state index contributed by atoms with van der Waals surface area (Å²) in [6.07, 6.45) is 9.88. The van der Waals surface area contributed by atoms with Gasteiger partial charge in [-0.3, -0.25) is 0 Å². The highest BCUT2D eigenvalue weighted by atomic mass is 15.2. The molecule has 0 bridgehead atoms. The Bertz CT molecular complexity index is 4010.